The van der Waals surface area contributed by atoms with Gasteiger partial charge in [-0.25, -0.2) is 18.4 Å². The number of nitrogens with two attached hydrogens (primary N) is 1. The zero-order valence-corrected chi connectivity index (χ0v) is 13.3. The molecular weight excluding hydrogens is 366 g/mol. The maximum absolute atomic E-state index is 11.5. The molecule has 10 nitrogen and oxygen atoms in total. The Morgan fingerprint density at radius 1 is 1.50 bits per heavy atom. The number of furan rings is 1. The Labute approximate surface area is 140 Å². The Kier molecular flexibility index (Phi) is 4.78. The van der Waals surface area contributed by atoms with Gasteiger partial charge in [0.15, 0.2) is 0 Å². The minimum atomic E-state index is -4.47. The summed E-state index contributed by atoms with van der Waals surface area (Å²) in [6.07, 6.45) is 1.36. The van der Waals surface area contributed by atoms with Crippen LogP contribution in [-0.4, -0.2) is 24.4 Å². The molecule has 0 bridgehead atoms. The Morgan fingerprint density at radius 3 is 2.62 bits per heavy atom. The number of anilines is 1. The lowest BCUT2D eigenvalue weighted by Crippen LogP contribution is -2.17. The van der Waals surface area contributed by atoms with E-state index in [0.29, 0.717) is 11.8 Å². The largest absolute Gasteiger partial charge is 0.478 e. The van der Waals surface area contributed by atoms with Crippen LogP contribution >= 0.6 is 11.6 Å². The van der Waals surface area contributed by atoms with Crippen LogP contribution in [0.2, 0.25) is 5.02 Å². The number of halogens is 1. The second-order valence-corrected chi connectivity index (χ2v) is 6.41. The van der Waals surface area contributed by atoms with Crippen LogP contribution < -0.4 is 10.5 Å². The van der Waals surface area contributed by atoms with Gasteiger partial charge < -0.3 is 14.8 Å². The van der Waals surface area contributed by atoms with Gasteiger partial charge in [0.2, 0.25) is 10.0 Å². The van der Waals surface area contributed by atoms with Crippen LogP contribution in [0, 0.1) is 10.1 Å². The van der Waals surface area contributed by atoms with E-state index in [-0.39, 0.29) is 6.54 Å². The van der Waals surface area contributed by atoms with E-state index >= 15 is 0 Å². The summed E-state index contributed by atoms with van der Waals surface area (Å²) >= 11 is 5.77. The fourth-order valence-electron chi connectivity index (χ4n) is 1.94. The van der Waals surface area contributed by atoms with Gasteiger partial charge in [0.1, 0.15) is 21.4 Å². The van der Waals surface area contributed by atoms with Crippen molar-refractivity contribution in [1.82, 2.24) is 0 Å². The summed E-state index contributed by atoms with van der Waals surface area (Å²) in [6, 6.07) is 3.79. The molecule has 12 heteroatoms. The van der Waals surface area contributed by atoms with Crippen molar-refractivity contribution in [2.24, 2.45) is 5.14 Å². The Bertz CT molecular complexity index is 909. The van der Waals surface area contributed by atoms with Gasteiger partial charge in [-0.15, -0.1) is 0 Å². The number of carboxylic acids is 1. The number of hydrogen-bond donors (Lipinski definition) is 3. The summed E-state index contributed by atoms with van der Waals surface area (Å²) in [5.41, 5.74) is -2.03. The molecule has 0 aliphatic rings. The molecule has 1 heterocycles. The second-order valence-electron chi connectivity index (χ2n) is 4.50. The molecule has 0 atom stereocenters. The summed E-state index contributed by atoms with van der Waals surface area (Å²) in [5, 5.41) is 27.2. The minimum Gasteiger partial charge on any atom is -0.478 e. The zero-order valence-electron chi connectivity index (χ0n) is 11.7. The van der Waals surface area contributed by atoms with Crippen LogP contribution in [0.5, 0.6) is 0 Å². The first-order valence-electron chi connectivity index (χ1n) is 6.16. The number of benzene rings is 1. The van der Waals surface area contributed by atoms with Crippen LogP contribution in [0.25, 0.3) is 0 Å². The van der Waals surface area contributed by atoms with E-state index in [9.17, 15) is 28.4 Å². The van der Waals surface area contributed by atoms with Crippen molar-refractivity contribution in [3.05, 3.63) is 50.9 Å². The summed E-state index contributed by atoms with van der Waals surface area (Å²) in [4.78, 5) is 20.8. The fourth-order valence-corrected chi connectivity index (χ4v) is 3.10. The summed E-state index contributed by atoms with van der Waals surface area (Å²) in [6.45, 7) is -0.0842. The summed E-state index contributed by atoms with van der Waals surface area (Å²) in [5.74, 6) is -1.23. The van der Waals surface area contributed by atoms with Crippen molar-refractivity contribution in [2.45, 2.75) is 11.4 Å². The molecule has 128 valence electrons. The number of nitro benzene ring substituents is 1. The fraction of sp³-hybridized carbons (Fsp3) is 0.0833. The monoisotopic (exact) mass is 375 g/mol. The molecule has 2 aromatic rings. The van der Waals surface area contributed by atoms with Crippen molar-refractivity contribution in [3.63, 3.8) is 0 Å². The number of nitrogens with one attached hydrogen (secondary N) is 1. The molecule has 0 spiro atoms. The molecule has 1 aromatic carbocycles. The van der Waals surface area contributed by atoms with Gasteiger partial charge in [0, 0.05) is 0 Å². The number of aromatic carboxylic acids is 1. The summed E-state index contributed by atoms with van der Waals surface area (Å²) in [7, 11) is -4.47. The number of primary sulfonamides is 1. The normalized spacial score (nSPS) is 11.2. The number of carbonyl (C=O) groups is 1. The van der Waals surface area contributed by atoms with Crippen LogP contribution in [0.3, 0.4) is 0 Å². The number of carboxylic acid groups (broad SMARTS) is 1. The molecule has 0 saturated carbocycles. The van der Waals surface area contributed by atoms with Crippen molar-refractivity contribution < 1.29 is 27.7 Å². The van der Waals surface area contributed by atoms with E-state index in [2.05, 4.69) is 5.32 Å². The Morgan fingerprint density at radius 2 is 2.17 bits per heavy atom. The van der Waals surface area contributed by atoms with Crippen molar-refractivity contribution in [3.8, 4) is 0 Å². The first kappa shape index (κ1) is 17.7. The highest BCUT2D eigenvalue weighted by Gasteiger charge is 2.32. The molecule has 1 aromatic heterocycles. The van der Waals surface area contributed by atoms with Gasteiger partial charge in [-0.2, -0.15) is 0 Å². The molecule has 0 unspecified atom stereocenters. The molecule has 0 fully saturated rings. The molecule has 24 heavy (non-hydrogen) atoms. The van der Waals surface area contributed by atoms with E-state index in [1.807, 2.05) is 0 Å². The highest BCUT2D eigenvalue weighted by Crippen LogP contribution is 2.40. The van der Waals surface area contributed by atoms with Crippen LogP contribution in [0.4, 0.5) is 11.4 Å². The van der Waals surface area contributed by atoms with Gasteiger partial charge in [0.05, 0.1) is 23.3 Å². The van der Waals surface area contributed by atoms with Crippen molar-refractivity contribution in [1.29, 1.82) is 0 Å². The number of hydrogen-bond acceptors (Lipinski definition) is 7. The topological polar surface area (TPSA) is 166 Å². The smallest absolute Gasteiger partial charge is 0.338 e. The molecule has 0 amide bonds. The Balaban J connectivity index is 2.68. The van der Waals surface area contributed by atoms with E-state index in [1.165, 1.54) is 6.26 Å². The third-order valence-electron chi connectivity index (χ3n) is 2.94. The Hall–Kier alpha value is -2.63. The quantitative estimate of drug-likeness (QED) is 0.507. The number of sulfonamides is 1. The average molecular weight is 376 g/mol. The predicted octanol–water partition coefficient (Wildman–Crippen LogP) is 1.80. The highest BCUT2D eigenvalue weighted by molar-refractivity contribution is 7.89. The maximum Gasteiger partial charge on any atom is 0.338 e. The number of nitro groups is 1. The van der Waals surface area contributed by atoms with Crippen LogP contribution in [0.1, 0.15) is 16.1 Å². The van der Waals surface area contributed by atoms with E-state index in [0.717, 1.165) is 0 Å². The van der Waals surface area contributed by atoms with Crippen molar-refractivity contribution in [2.75, 3.05) is 5.32 Å². The van der Waals surface area contributed by atoms with E-state index in [1.54, 1.807) is 12.1 Å². The lowest BCUT2D eigenvalue weighted by atomic mass is 10.1. The first-order valence-corrected chi connectivity index (χ1v) is 8.08. The van der Waals surface area contributed by atoms with Gasteiger partial charge in [0.25, 0.3) is 0 Å². The minimum absolute atomic E-state index is 0.0842. The number of nitrogens with zero attached hydrogens (tertiary/aromatic N) is 1. The molecule has 0 aliphatic heterocycles. The SMILES string of the molecule is NS(=O)(=O)c1cc(C(=O)O)c(NCc2ccco2)c([N+](=O)[O-])c1Cl. The molecule has 2 rings (SSSR count). The zero-order chi connectivity index (χ0) is 18.1. The predicted molar refractivity (Wildman–Crippen MR) is 82.5 cm³/mol. The standard InChI is InChI=1S/C12H10ClN3O7S/c13-9-8(24(14,21)22)4-7(12(17)18)10(11(9)16(19)20)15-5-6-2-1-3-23-6/h1-4,15H,5H2,(H,17,18)(H2,14,21,22). The number of rotatable bonds is 6. The van der Waals surface area contributed by atoms with Gasteiger partial charge >= 0.3 is 11.7 Å². The molecule has 0 saturated heterocycles. The van der Waals surface area contributed by atoms with Gasteiger partial charge in [-0.1, -0.05) is 11.6 Å². The van der Waals surface area contributed by atoms with Crippen LogP contribution in [-0.2, 0) is 16.6 Å². The van der Waals surface area contributed by atoms with Gasteiger partial charge in [-0.3, -0.25) is 10.1 Å². The van der Waals surface area contributed by atoms with Crippen LogP contribution in [0.15, 0.2) is 33.8 Å². The second kappa shape index (κ2) is 6.47. The highest BCUT2D eigenvalue weighted by atomic mass is 35.5. The third kappa shape index (κ3) is 3.48. The van der Waals surface area contributed by atoms with E-state index in [4.69, 9.17) is 21.2 Å². The lowest BCUT2D eigenvalue weighted by Gasteiger charge is -2.12. The average Bonchev–Trinajstić information content (AvgIpc) is 2.95. The van der Waals surface area contributed by atoms with Crippen molar-refractivity contribution >= 4 is 39.0 Å². The lowest BCUT2D eigenvalue weighted by molar-refractivity contribution is -0.384. The van der Waals surface area contributed by atoms with E-state index < -0.39 is 47.8 Å². The molecular formula is C12H10ClN3O7S. The molecule has 4 N–H and O–H groups in total. The summed E-state index contributed by atoms with van der Waals surface area (Å²) < 4.78 is 28.0. The molecule has 0 radical (unpaired) electrons. The maximum atomic E-state index is 11.5. The first-order chi connectivity index (χ1) is 11.1. The van der Waals surface area contributed by atoms with Gasteiger partial charge in [-0.05, 0) is 18.2 Å². The third-order valence-corrected chi connectivity index (χ3v) is 4.37. The molecule has 0 aliphatic carbocycles.